The Bertz CT molecular complexity index is 675. The molecule has 0 amide bonds. The summed E-state index contributed by atoms with van der Waals surface area (Å²) in [5.74, 6) is -0.654. The molecule has 0 radical (unpaired) electrons. The molecule has 20 heavy (non-hydrogen) atoms. The number of benzene rings is 1. The van der Waals surface area contributed by atoms with Crippen molar-refractivity contribution < 1.29 is 19.1 Å². The number of aliphatic hydroxyl groups excluding tert-OH is 1. The third-order valence-electron chi connectivity index (χ3n) is 2.74. The first-order valence-corrected chi connectivity index (χ1v) is 6.05. The van der Waals surface area contributed by atoms with E-state index in [9.17, 15) is 14.7 Å². The molecule has 0 saturated heterocycles. The highest BCUT2D eigenvalue weighted by atomic mass is 35.5. The maximum atomic E-state index is 11.7. The standard InChI is InChI=1S/C14H11ClO5/c1-19-13(17)9-6-11(14(18)20-7-9)12(16)8-2-4-10(15)5-3-8/h2-7,12,16H,1H3. The van der Waals surface area contributed by atoms with Gasteiger partial charge in [0, 0.05) is 5.02 Å². The van der Waals surface area contributed by atoms with Crippen LogP contribution in [0.1, 0.15) is 27.6 Å². The van der Waals surface area contributed by atoms with E-state index in [1.54, 1.807) is 24.3 Å². The van der Waals surface area contributed by atoms with Crippen molar-refractivity contribution in [3.8, 4) is 0 Å². The second-order valence-corrected chi connectivity index (χ2v) is 4.46. The van der Waals surface area contributed by atoms with Gasteiger partial charge in [0.15, 0.2) is 0 Å². The zero-order valence-electron chi connectivity index (χ0n) is 10.5. The summed E-state index contributed by atoms with van der Waals surface area (Å²) in [4.78, 5) is 23.1. The Hall–Kier alpha value is -2.11. The molecule has 2 rings (SSSR count). The molecular weight excluding hydrogens is 284 g/mol. The topological polar surface area (TPSA) is 76.7 Å². The van der Waals surface area contributed by atoms with Crippen molar-refractivity contribution in [3.63, 3.8) is 0 Å². The van der Waals surface area contributed by atoms with E-state index in [-0.39, 0.29) is 11.1 Å². The lowest BCUT2D eigenvalue weighted by Crippen LogP contribution is -2.15. The van der Waals surface area contributed by atoms with Gasteiger partial charge in [-0.15, -0.1) is 0 Å². The Labute approximate surface area is 119 Å². The van der Waals surface area contributed by atoms with Crippen LogP contribution in [0.3, 0.4) is 0 Å². The van der Waals surface area contributed by atoms with Crippen LogP contribution in [-0.2, 0) is 4.74 Å². The van der Waals surface area contributed by atoms with Crippen LogP contribution in [0, 0.1) is 0 Å². The first-order valence-electron chi connectivity index (χ1n) is 5.67. The van der Waals surface area contributed by atoms with Crippen molar-refractivity contribution in [3.05, 3.63) is 68.7 Å². The quantitative estimate of drug-likeness (QED) is 0.878. The van der Waals surface area contributed by atoms with Crippen molar-refractivity contribution in [2.24, 2.45) is 0 Å². The van der Waals surface area contributed by atoms with Gasteiger partial charge in [0.2, 0.25) is 0 Å². The Morgan fingerprint density at radius 3 is 2.60 bits per heavy atom. The first kappa shape index (κ1) is 14.3. The van der Waals surface area contributed by atoms with Crippen LogP contribution >= 0.6 is 11.6 Å². The average molecular weight is 295 g/mol. The number of aliphatic hydroxyl groups is 1. The SMILES string of the molecule is COC(=O)c1coc(=O)c(C(O)c2ccc(Cl)cc2)c1. The summed E-state index contributed by atoms with van der Waals surface area (Å²) < 4.78 is 9.27. The van der Waals surface area contributed by atoms with E-state index >= 15 is 0 Å². The normalized spacial score (nSPS) is 11.9. The van der Waals surface area contributed by atoms with Crippen molar-refractivity contribution in [2.45, 2.75) is 6.10 Å². The fraction of sp³-hybridized carbons (Fsp3) is 0.143. The number of esters is 1. The van der Waals surface area contributed by atoms with Gasteiger partial charge < -0.3 is 14.3 Å². The Morgan fingerprint density at radius 1 is 1.35 bits per heavy atom. The van der Waals surface area contributed by atoms with Gasteiger partial charge >= 0.3 is 11.6 Å². The highest BCUT2D eigenvalue weighted by Crippen LogP contribution is 2.22. The molecule has 1 N–H and O–H groups in total. The summed E-state index contributed by atoms with van der Waals surface area (Å²) in [6.07, 6.45) is -0.222. The summed E-state index contributed by atoms with van der Waals surface area (Å²) in [7, 11) is 1.21. The Balaban J connectivity index is 2.43. The molecule has 1 aromatic carbocycles. The number of hydrogen-bond donors (Lipinski definition) is 1. The molecule has 0 fully saturated rings. The summed E-state index contributed by atoms with van der Waals surface area (Å²) >= 11 is 5.76. The molecule has 1 atom stereocenters. The van der Waals surface area contributed by atoms with Gasteiger partial charge in [0.25, 0.3) is 0 Å². The molecule has 6 heteroatoms. The zero-order valence-corrected chi connectivity index (χ0v) is 11.3. The highest BCUT2D eigenvalue weighted by Gasteiger charge is 2.18. The van der Waals surface area contributed by atoms with Crippen LogP contribution in [0.25, 0.3) is 0 Å². The minimum atomic E-state index is -1.21. The van der Waals surface area contributed by atoms with Crippen molar-refractivity contribution in [2.75, 3.05) is 7.11 Å². The summed E-state index contributed by atoms with van der Waals surface area (Å²) in [5, 5.41) is 10.7. The molecule has 0 aliphatic heterocycles. The van der Waals surface area contributed by atoms with E-state index < -0.39 is 17.7 Å². The number of rotatable bonds is 3. The minimum Gasteiger partial charge on any atom is -0.465 e. The van der Waals surface area contributed by atoms with Crippen LogP contribution in [0.4, 0.5) is 0 Å². The predicted molar refractivity (Wildman–Crippen MR) is 71.8 cm³/mol. The maximum absolute atomic E-state index is 11.7. The third kappa shape index (κ3) is 2.89. The Kier molecular flexibility index (Phi) is 4.22. The molecule has 1 unspecified atom stereocenters. The van der Waals surface area contributed by atoms with Crippen molar-refractivity contribution in [1.29, 1.82) is 0 Å². The molecule has 0 aliphatic carbocycles. The Morgan fingerprint density at radius 2 is 2.00 bits per heavy atom. The van der Waals surface area contributed by atoms with E-state index in [1.165, 1.54) is 13.2 Å². The summed E-state index contributed by atoms with van der Waals surface area (Å²) in [5.41, 5.74) is -0.255. The lowest BCUT2D eigenvalue weighted by atomic mass is 10.0. The molecule has 0 spiro atoms. The molecule has 1 aromatic heterocycles. The first-order chi connectivity index (χ1) is 9.52. The van der Waals surface area contributed by atoms with Crippen LogP contribution < -0.4 is 5.63 Å². The molecule has 5 nitrogen and oxygen atoms in total. The van der Waals surface area contributed by atoms with E-state index in [0.29, 0.717) is 10.6 Å². The maximum Gasteiger partial charge on any atom is 0.341 e. The summed E-state index contributed by atoms with van der Waals surface area (Å²) in [6, 6.07) is 7.59. The predicted octanol–water partition coefficient (Wildman–Crippen LogP) is 2.16. The third-order valence-corrected chi connectivity index (χ3v) is 2.99. The van der Waals surface area contributed by atoms with Crippen LogP contribution in [0.2, 0.25) is 5.02 Å². The summed E-state index contributed by atoms with van der Waals surface area (Å²) in [6.45, 7) is 0. The highest BCUT2D eigenvalue weighted by molar-refractivity contribution is 6.30. The lowest BCUT2D eigenvalue weighted by Gasteiger charge is -2.10. The number of carbonyl (C=O) groups is 1. The molecule has 104 valence electrons. The van der Waals surface area contributed by atoms with Gasteiger partial charge in [-0.3, -0.25) is 0 Å². The molecule has 0 aliphatic rings. The van der Waals surface area contributed by atoms with E-state index in [2.05, 4.69) is 4.74 Å². The number of methoxy groups -OCH3 is 1. The second kappa shape index (κ2) is 5.90. The number of hydrogen-bond acceptors (Lipinski definition) is 5. The molecule has 1 heterocycles. The fourth-order valence-electron chi connectivity index (χ4n) is 1.69. The van der Waals surface area contributed by atoms with Gasteiger partial charge in [-0.05, 0) is 23.8 Å². The van der Waals surface area contributed by atoms with E-state index in [1.807, 2.05) is 0 Å². The van der Waals surface area contributed by atoms with Crippen molar-refractivity contribution in [1.82, 2.24) is 0 Å². The number of ether oxygens (including phenoxy) is 1. The number of halogens is 1. The number of carbonyl (C=O) groups excluding carboxylic acids is 1. The largest absolute Gasteiger partial charge is 0.465 e. The van der Waals surface area contributed by atoms with Crippen LogP contribution in [0.15, 0.2) is 45.8 Å². The van der Waals surface area contributed by atoms with E-state index in [0.717, 1.165) is 6.26 Å². The van der Waals surface area contributed by atoms with Crippen LogP contribution in [-0.4, -0.2) is 18.2 Å². The van der Waals surface area contributed by atoms with Crippen LogP contribution in [0.5, 0.6) is 0 Å². The molecule has 2 aromatic rings. The zero-order chi connectivity index (χ0) is 14.7. The lowest BCUT2D eigenvalue weighted by molar-refractivity contribution is 0.0597. The molecular formula is C14H11ClO5. The average Bonchev–Trinajstić information content (AvgIpc) is 2.47. The van der Waals surface area contributed by atoms with Gasteiger partial charge in [-0.2, -0.15) is 0 Å². The van der Waals surface area contributed by atoms with Crippen molar-refractivity contribution >= 4 is 17.6 Å². The van der Waals surface area contributed by atoms with Gasteiger partial charge in [0.1, 0.15) is 12.4 Å². The smallest absolute Gasteiger partial charge is 0.341 e. The molecule has 0 bridgehead atoms. The van der Waals surface area contributed by atoms with Gasteiger partial charge in [0.05, 0.1) is 18.2 Å². The monoisotopic (exact) mass is 294 g/mol. The minimum absolute atomic E-state index is 0.0461. The molecule has 0 saturated carbocycles. The van der Waals surface area contributed by atoms with Gasteiger partial charge in [-0.25, -0.2) is 9.59 Å². The van der Waals surface area contributed by atoms with E-state index in [4.69, 9.17) is 16.0 Å². The van der Waals surface area contributed by atoms with Gasteiger partial charge in [-0.1, -0.05) is 23.7 Å². The second-order valence-electron chi connectivity index (χ2n) is 4.02. The fourth-order valence-corrected chi connectivity index (χ4v) is 1.81.